The van der Waals surface area contributed by atoms with E-state index < -0.39 is 39.8 Å². The van der Waals surface area contributed by atoms with E-state index in [9.17, 15) is 18.4 Å². The number of piperazine rings is 1. The molecule has 11 nitrogen and oxygen atoms in total. The Hall–Kier alpha value is -4.00. The summed E-state index contributed by atoms with van der Waals surface area (Å²) >= 11 is 0. The number of alkyl halides is 3. The first-order valence-electron chi connectivity index (χ1n) is 15.5. The first kappa shape index (κ1) is 32.9. The van der Waals surface area contributed by atoms with Crippen molar-refractivity contribution in [1.29, 1.82) is 5.26 Å². The molecule has 3 aliphatic rings. The molecule has 15 heteroatoms. The van der Waals surface area contributed by atoms with Crippen LogP contribution in [0.4, 0.5) is 29.1 Å². The molecule has 0 amide bonds. The summed E-state index contributed by atoms with van der Waals surface area (Å²) in [6, 6.07) is 2.96. The number of nitrogens with one attached hydrogen (secondary N) is 1. The van der Waals surface area contributed by atoms with Gasteiger partial charge in [-0.3, -0.25) is 0 Å². The van der Waals surface area contributed by atoms with E-state index in [1.54, 1.807) is 13.2 Å². The van der Waals surface area contributed by atoms with Crippen molar-refractivity contribution in [3.63, 3.8) is 0 Å². The molecule has 3 N–H and O–H groups in total. The lowest BCUT2D eigenvalue weighted by Crippen LogP contribution is -2.52. The van der Waals surface area contributed by atoms with E-state index in [2.05, 4.69) is 20.2 Å². The van der Waals surface area contributed by atoms with Gasteiger partial charge in [0, 0.05) is 56.4 Å². The fourth-order valence-electron chi connectivity index (χ4n) is 7.50. The molecule has 1 aromatic carbocycles. The molecule has 0 spiro atoms. The number of hydrogen-bond donors (Lipinski definition) is 2. The molecule has 3 saturated heterocycles. The van der Waals surface area contributed by atoms with Crippen molar-refractivity contribution in [3.05, 3.63) is 28.6 Å². The van der Waals surface area contributed by atoms with E-state index in [1.807, 2.05) is 18.9 Å². The van der Waals surface area contributed by atoms with E-state index in [0.717, 1.165) is 31.9 Å². The Balaban J connectivity index is 1.57. The number of halogens is 4. The second-order valence-electron chi connectivity index (χ2n) is 13.1. The summed E-state index contributed by atoms with van der Waals surface area (Å²) < 4.78 is 78.1. The fraction of sp³-hybridized carbons (Fsp3) is 0.562. The van der Waals surface area contributed by atoms with Crippen LogP contribution in [0.3, 0.4) is 0 Å². The van der Waals surface area contributed by atoms with Crippen molar-refractivity contribution >= 4 is 22.4 Å². The summed E-state index contributed by atoms with van der Waals surface area (Å²) in [6.07, 6.45) is -2.38. The fourth-order valence-corrected chi connectivity index (χ4v) is 7.50. The maximum absolute atomic E-state index is 16.9. The zero-order chi connectivity index (χ0) is 33.8. The van der Waals surface area contributed by atoms with Crippen LogP contribution >= 0.6 is 0 Å². The van der Waals surface area contributed by atoms with Gasteiger partial charge in [-0.15, -0.1) is 0 Å². The van der Waals surface area contributed by atoms with Gasteiger partial charge in [0.15, 0.2) is 5.82 Å². The highest BCUT2D eigenvalue weighted by Crippen LogP contribution is 2.46. The number of rotatable bonds is 7. The molecule has 0 saturated carbocycles. The maximum Gasteiger partial charge on any atom is 0.417 e. The van der Waals surface area contributed by atoms with Crippen molar-refractivity contribution in [2.24, 2.45) is 5.41 Å². The normalized spacial score (nSPS) is 24.9. The van der Waals surface area contributed by atoms with Crippen molar-refractivity contribution in [2.75, 3.05) is 64.7 Å². The van der Waals surface area contributed by atoms with Crippen LogP contribution in [0, 0.1) is 29.5 Å². The van der Waals surface area contributed by atoms with Crippen LogP contribution < -0.4 is 25.4 Å². The Morgan fingerprint density at radius 2 is 1.85 bits per heavy atom. The van der Waals surface area contributed by atoms with Gasteiger partial charge in [0.05, 0.1) is 30.0 Å². The number of likely N-dealkylation sites (tertiary alicyclic amines) is 1. The van der Waals surface area contributed by atoms with Crippen LogP contribution in [-0.2, 0) is 10.9 Å². The number of nitriles is 1. The average Bonchev–Trinajstić information content (AvgIpc) is 3.36. The molecule has 3 fully saturated rings. The minimum Gasteiger partial charge on any atom is -0.480 e. The number of methoxy groups -OCH3 is 2. The molecule has 252 valence electrons. The van der Waals surface area contributed by atoms with Crippen molar-refractivity contribution in [3.8, 4) is 29.2 Å². The Morgan fingerprint density at radius 3 is 2.47 bits per heavy atom. The molecule has 0 aliphatic carbocycles. The summed E-state index contributed by atoms with van der Waals surface area (Å²) in [6.45, 7) is 5.97. The van der Waals surface area contributed by atoms with Crippen molar-refractivity contribution < 1.29 is 31.8 Å². The number of aromatic nitrogens is 3. The molecule has 0 radical (unpaired) electrons. The Morgan fingerprint density at radius 1 is 1.15 bits per heavy atom. The molecular weight excluding hydrogens is 620 g/mol. The number of piperidine rings is 1. The molecule has 4 atom stereocenters. The minimum absolute atomic E-state index is 0.0912. The van der Waals surface area contributed by atoms with Gasteiger partial charge in [0.1, 0.15) is 35.1 Å². The number of nitrogens with two attached hydrogens (primary N) is 1. The lowest BCUT2D eigenvalue weighted by atomic mass is 9.80. The molecule has 3 aliphatic heterocycles. The van der Waals surface area contributed by atoms with Gasteiger partial charge in [-0.1, -0.05) is 6.92 Å². The summed E-state index contributed by atoms with van der Waals surface area (Å²) in [7, 11) is 4.94. The lowest BCUT2D eigenvalue weighted by molar-refractivity contribution is -0.137. The molecule has 47 heavy (non-hydrogen) atoms. The molecule has 2 bridgehead atoms. The van der Waals surface area contributed by atoms with Crippen LogP contribution in [0.2, 0.25) is 0 Å². The van der Waals surface area contributed by atoms with Crippen LogP contribution in [0.5, 0.6) is 11.9 Å². The molecular formula is C32H38F4N8O3. The lowest BCUT2D eigenvalue weighted by Gasteiger charge is -2.43. The standard InChI is InChI=1S/C32H38F4N8O3/c1-16-10-20(38)19(11-37)22(24(16)32(34,35)36)26-25(33)27-23(29(40-26)46-5)28(44-12-17-6-7-18(13-44)39-17)42-30(41-27)47-15-31(2)14-43(3)9-8-21(31)45-4/h10,17-18,21,39H,6-9,12-15,38H2,1-5H3/t17-,18+,21-,31-/m0/s1. The van der Waals surface area contributed by atoms with Gasteiger partial charge in [-0.2, -0.15) is 28.4 Å². The Bertz CT molecular complexity index is 1740. The van der Waals surface area contributed by atoms with Gasteiger partial charge in [-0.25, -0.2) is 9.37 Å². The number of ether oxygens (including phenoxy) is 3. The zero-order valence-corrected chi connectivity index (χ0v) is 27.0. The SMILES string of the molecule is COc1nc(-c2c(C#N)c(N)cc(C)c2C(F)(F)F)c(F)c2nc(OC[C@]3(C)CN(C)CC[C@@H]3OC)nc(N3C[C@H]4CC[C@@H](C3)N4)c12. The predicted molar refractivity (Wildman–Crippen MR) is 167 cm³/mol. The number of nitrogens with zero attached hydrogens (tertiary/aromatic N) is 6. The quantitative estimate of drug-likeness (QED) is 0.278. The van der Waals surface area contributed by atoms with Crippen LogP contribution in [-0.4, -0.2) is 92.1 Å². The topological polar surface area (TPSA) is 135 Å². The van der Waals surface area contributed by atoms with E-state index in [0.29, 0.717) is 25.5 Å². The van der Waals surface area contributed by atoms with Crippen LogP contribution in [0.25, 0.3) is 22.2 Å². The summed E-state index contributed by atoms with van der Waals surface area (Å²) in [5.74, 6) is -1.08. The van der Waals surface area contributed by atoms with Gasteiger partial charge in [0.2, 0.25) is 5.88 Å². The third kappa shape index (κ3) is 5.87. The number of aryl methyl sites for hydroxylation is 1. The minimum atomic E-state index is -4.96. The highest BCUT2D eigenvalue weighted by atomic mass is 19.4. The predicted octanol–water partition coefficient (Wildman–Crippen LogP) is 4.30. The van der Waals surface area contributed by atoms with E-state index in [4.69, 9.17) is 24.9 Å². The molecule has 5 heterocycles. The molecule has 6 rings (SSSR count). The number of hydrogen-bond acceptors (Lipinski definition) is 11. The van der Waals surface area contributed by atoms with Crippen molar-refractivity contribution in [1.82, 2.24) is 25.2 Å². The number of benzene rings is 1. The number of pyridine rings is 1. The maximum atomic E-state index is 16.9. The van der Waals surface area contributed by atoms with Gasteiger partial charge < -0.3 is 35.1 Å². The number of nitrogen functional groups attached to an aromatic ring is 1. The van der Waals surface area contributed by atoms with Gasteiger partial charge in [0.25, 0.3) is 0 Å². The van der Waals surface area contributed by atoms with Gasteiger partial charge >= 0.3 is 12.2 Å². The highest BCUT2D eigenvalue weighted by molar-refractivity contribution is 5.97. The average molecular weight is 659 g/mol. The zero-order valence-electron chi connectivity index (χ0n) is 27.0. The summed E-state index contributed by atoms with van der Waals surface area (Å²) in [5.41, 5.74) is 1.36. The summed E-state index contributed by atoms with van der Waals surface area (Å²) in [4.78, 5) is 17.6. The monoisotopic (exact) mass is 658 g/mol. The largest absolute Gasteiger partial charge is 0.480 e. The van der Waals surface area contributed by atoms with E-state index in [-0.39, 0.29) is 58.8 Å². The summed E-state index contributed by atoms with van der Waals surface area (Å²) in [5, 5.41) is 13.6. The molecule has 2 aromatic heterocycles. The second-order valence-corrected chi connectivity index (χ2v) is 13.1. The van der Waals surface area contributed by atoms with Crippen molar-refractivity contribution in [2.45, 2.75) is 57.5 Å². The number of anilines is 2. The second kappa shape index (κ2) is 12.2. The first-order chi connectivity index (χ1) is 22.3. The first-order valence-corrected chi connectivity index (χ1v) is 15.5. The third-order valence-electron chi connectivity index (χ3n) is 9.61. The van der Waals surface area contributed by atoms with E-state index in [1.165, 1.54) is 14.0 Å². The Kier molecular flexibility index (Phi) is 8.56. The molecule has 3 aromatic rings. The molecule has 0 unspecified atom stereocenters. The highest BCUT2D eigenvalue weighted by Gasteiger charge is 2.42. The smallest absolute Gasteiger partial charge is 0.417 e. The van der Waals surface area contributed by atoms with E-state index >= 15 is 4.39 Å². The van der Waals surface area contributed by atoms with Crippen LogP contribution in [0.15, 0.2) is 6.07 Å². The third-order valence-corrected chi connectivity index (χ3v) is 9.61. The van der Waals surface area contributed by atoms with Gasteiger partial charge in [-0.05, 0) is 44.9 Å². The number of fused-ring (bicyclic) bond motifs is 3. The van der Waals surface area contributed by atoms with Crippen LogP contribution in [0.1, 0.15) is 42.9 Å². The Labute approximate surface area is 270 Å².